The molecule has 2 atom stereocenters. The maximum atomic E-state index is 13.7. The Hall–Kier alpha value is -2.97. The normalized spacial score (nSPS) is 12.8. The van der Waals surface area contributed by atoms with Crippen molar-refractivity contribution in [2.24, 2.45) is 5.73 Å². The third-order valence-corrected chi connectivity index (χ3v) is 3.11. The summed E-state index contributed by atoms with van der Waals surface area (Å²) >= 11 is 0. The van der Waals surface area contributed by atoms with Gasteiger partial charge in [-0.1, -0.05) is 18.2 Å². The van der Waals surface area contributed by atoms with Crippen molar-refractivity contribution in [3.63, 3.8) is 0 Å². The van der Waals surface area contributed by atoms with Crippen molar-refractivity contribution >= 4 is 23.7 Å². The minimum atomic E-state index is -1.44. The standard InChI is InChI=1S/C15H18FN3O5/c1-8(20)18-12(6-9-4-2-3-5-10(9)16)15(24)19-11(14(17)23)7-13(21)22/h2-5,11-12H,6-7H2,1H3,(H2,17,23)(H,18,20)(H,19,24)(H,21,22)/t11-,12-/m1/s1. The summed E-state index contributed by atoms with van der Waals surface area (Å²) in [6.45, 7) is 1.17. The number of aliphatic carboxylic acids is 1. The molecule has 130 valence electrons. The third kappa shape index (κ3) is 6.03. The number of carboxylic acid groups (broad SMARTS) is 1. The molecule has 24 heavy (non-hydrogen) atoms. The van der Waals surface area contributed by atoms with Gasteiger partial charge in [-0.15, -0.1) is 0 Å². The van der Waals surface area contributed by atoms with Crippen LogP contribution >= 0.6 is 0 Å². The first-order valence-corrected chi connectivity index (χ1v) is 7.02. The second kappa shape index (κ2) is 8.61. The highest BCUT2D eigenvalue weighted by Gasteiger charge is 2.27. The molecule has 0 saturated carbocycles. The predicted octanol–water partition coefficient (Wildman–Crippen LogP) is -0.682. The van der Waals surface area contributed by atoms with E-state index in [2.05, 4.69) is 10.6 Å². The lowest BCUT2D eigenvalue weighted by molar-refractivity contribution is -0.140. The van der Waals surface area contributed by atoms with Crippen molar-refractivity contribution < 1.29 is 28.7 Å². The number of nitrogens with two attached hydrogens (primary N) is 1. The van der Waals surface area contributed by atoms with E-state index in [-0.39, 0.29) is 12.0 Å². The van der Waals surface area contributed by atoms with Crippen LogP contribution in [0.2, 0.25) is 0 Å². The molecule has 1 aromatic rings. The van der Waals surface area contributed by atoms with Crippen molar-refractivity contribution in [3.8, 4) is 0 Å². The Morgan fingerprint density at radius 2 is 1.79 bits per heavy atom. The van der Waals surface area contributed by atoms with Gasteiger partial charge in [0.1, 0.15) is 17.9 Å². The zero-order chi connectivity index (χ0) is 18.3. The van der Waals surface area contributed by atoms with Crippen molar-refractivity contribution in [1.82, 2.24) is 10.6 Å². The number of primary amides is 1. The number of hydrogen-bond donors (Lipinski definition) is 4. The van der Waals surface area contributed by atoms with Crippen LogP contribution in [0.1, 0.15) is 18.9 Å². The fourth-order valence-electron chi connectivity index (χ4n) is 2.01. The fourth-order valence-corrected chi connectivity index (χ4v) is 2.01. The Balaban J connectivity index is 2.92. The quantitative estimate of drug-likeness (QED) is 0.497. The van der Waals surface area contributed by atoms with Gasteiger partial charge in [0.15, 0.2) is 0 Å². The van der Waals surface area contributed by atoms with Crippen LogP contribution in [0.15, 0.2) is 24.3 Å². The minimum Gasteiger partial charge on any atom is -0.481 e. The van der Waals surface area contributed by atoms with E-state index >= 15 is 0 Å². The Labute approximate surface area is 137 Å². The lowest BCUT2D eigenvalue weighted by Crippen LogP contribution is -2.54. The SMILES string of the molecule is CC(=O)N[C@H](Cc1ccccc1F)C(=O)N[C@H](CC(=O)O)C(N)=O. The van der Waals surface area contributed by atoms with E-state index in [0.717, 1.165) is 0 Å². The van der Waals surface area contributed by atoms with Gasteiger partial charge in [0.25, 0.3) is 0 Å². The highest BCUT2D eigenvalue weighted by Crippen LogP contribution is 2.10. The van der Waals surface area contributed by atoms with Gasteiger partial charge in [0.2, 0.25) is 17.7 Å². The van der Waals surface area contributed by atoms with Gasteiger partial charge in [-0.25, -0.2) is 4.39 Å². The first-order chi connectivity index (χ1) is 11.2. The first kappa shape index (κ1) is 19.1. The highest BCUT2D eigenvalue weighted by molar-refractivity contribution is 5.93. The van der Waals surface area contributed by atoms with Gasteiger partial charge in [-0.05, 0) is 11.6 Å². The molecule has 0 aliphatic rings. The minimum absolute atomic E-state index is 0.170. The van der Waals surface area contributed by atoms with Gasteiger partial charge in [0.05, 0.1) is 6.42 Å². The predicted molar refractivity (Wildman–Crippen MR) is 81.1 cm³/mol. The van der Waals surface area contributed by atoms with Crippen LogP contribution in [0.5, 0.6) is 0 Å². The molecular formula is C15H18FN3O5. The molecule has 0 heterocycles. The summed E-state index contributed by atoms with van der Waals surface area (Å²) in [6.07, 6.45) is -0.871. The van der Waals surface area contributed by atoms with Crippen LogP contribution in [0.4, 0.5) is 4.39 Å². The molecule has 1 aromatic carbocycles. The molecular weight excluding hydrogens is 321 g/mol. The molecule has 0 fully saturated rings. The van der Waals surface area contributed by atoms with Crippen LogP contribution < -0.4 is 16.4 Å². The number of benzene rings is 1. The molecule has 8 nitrogen and oxygen atoms in total. The molecule has 0 saturated heterocycles. The van der Waals surface area contributed by atoms with Gasteiger partial charge >= 0.3 is 5.97 Å². The van der Waals surface area contributed by atoms with Crippen LogP contribution in [-0.2, 0) is 25.6 Å². The summed E-state index contributed by atoms with van der Waals surface area (Å²) in [7, 11) is 0. The second-order valence-electron chi connectivity index (χ2n) is 5.11. The molecule has 0 aromatic heterocycles. The zero-order valence-electron chi connectivity index (χ0n) is 12.9. The maximum Gasteiger partial charge on any atom is 0.305 e. The molecule has 0 unspecified atom stereocenters. The Morgan fingerprint density at radius 3 is 2.29 bits per heavy atom. The number of hydrogen-bond acceptors (Lipinski definition) is 4. The zero-order valence-corrected chi connectivity index (χ0v) is 12.9. The Kier molecular flexibility index (Phi) is 6.84. The molecule has 0 spiro atoms. The van der Waals surface area contributed by atoms with Crippen molar-refractivity contribution in [2.45, 2.75) is 31.8 Å². The summed E-state index contributed by atoms with van der Waals surface area (Å²) in [5.41, 5.74) is 5.23. The summed E-state index contributed by atoms with van der Waals surface area (Å²) in [5, 5.41) is 13.2. The molecule has 5 N–H and O–H groups in total. The van der Waals surface area contributed by atoms with Crippen LogP contribution in [0.3, 0.4) is 0 Å². The van der Waals surface area contributed by atoms with Gasteiger partial charge < -0.3 is 21.5 Å². The van der Waals surface area contributed by atoms with E-state index in [9.17, 15) is 23.6 Å². The molecule has 0 aliphatic carbocycles. The number of nitrogens with one attached hydrogen (secondary N) is 2. The largest absolute Gasteiger partial charge is 0.481 e. The topological polar surface area (TPSA) is 139 Å². The average molecular weight is 339 g/mol. The lowest BCUT2D eigenvalue weighted by Gasteiger charge is -2.21. The highest BCUT2D eigenvalue weighted by atomic mass is 19.1. The number of carboxylic acids is 1. The van der Waals surface area contributed by atoms with Gasteiger partial charge in [0, 0.05) is 13.3 Å². The Morgan fingerprint density at radius 1 is 1.17 bits per heavy atom. The summed E-state index contributed by atoms with van der Waals surface area (Å²) in [6, 6.07) is 3.07. The number of carbonyl (C=O) groups excluding carboxylic acids is 3. The number of rotatable bonds is 8. The maximum absolute atomic E-state index is 13.7. The molecule has 3 amide bonds. The smallest absolute Gasteiger partial charge is 0.305 e. The lowest BCUT2D eigenvalue weighted by atomic mass is 10.0. The van der Waals surface area contributed by atoms with Crippen LogP contribution in [0, 0.1) is 5.82 Å². The van der Waals surface area contributed by atoms with E-state index in [1.807, 2.05) is 0 Å². The van der Waals surface area contributed by atoms with E-state index in [1.54, 1.807) is 6.07 Å². The van der Waals surface area contributed by atoms with Crippen LogP contribution in [-0.4, -0.2) is 40.9 Å². The number of halogens is 1. The monoisotopic (exact) mass is 339 g/mol. The van der Waals surface area contributed by atoms with Gasteiger partial charge in [-0.3, -0.25) is 19.2 Å². The fraction of sp³-hybridized carbons (Fsp3) is 0.333. The number of carbonyl (C=O) groups is 4. The van der Waals surface area contributed by atoms with E-state index in [0.29, 0.717) is 0 Å². The van der Waals surface area contributed by atoms with Gasteiger partial charge in [-0.2, -0.15) is 0 Å². The molecule has 0 radical (unpaired) electrons. The van der Waals surface area contributed by atoms with Crippen molar-refractivity contribution in [2.75, 3.05) is 0 Å². The van der Waals surface area contributed by atoms with E-state index < -0.39 is 48.0 Å². The van der Waals surface area contributed by atoms with Crippen LogP contribution in [0.25, 0.3) is 0 Å². The molecule has 0 aliphatic heterocycles. The van der Waals surface area contributed by atoms with Crippen molar-refractivity contribution in [3.05, 3.63) is 35.6 Å². The second-order valence-corrected chi connectivity index (χ2v) is 5.11. The van der Waals surface area contributed by atoms with E-state index in [1.165, 1.54) is 25.1 Å². The Bertz CT molecular complexity index is 650. The van der Waals surface area contributed by atoms with Crippen molar-refractivity contribution in [1.29, 1.82) is 0 Å². The molecule has 0 bridgehead atoms. The summed E-state index contributed by atoms with van der Waals surface area (Å²) < 4.78 is 13.7. The molecule has 1 rings (SSSR count). The summed E-state index contributed by atoms with van der Waals surface area (Å²) in [4.78, 5) is 45.4. The first-order valence-electron chi connectivity index (χ1n) is 7.02. The third-order valence-electron chi connectivity index (χ3n) is 3.11. The number of amides is 3. The van der Waals surface area contributed by atoms with E-state index in [4.69, 9.17) is 10.8 Å². The summed E-state index contributed by atoms with van der Waals surface area (Å²) in [5.74, 6) is -4.29. The molecule has 9 heteroatoms. The average Bonchev–Trinajstić information content (AvgIpc) is 2.47.